The highest BCUT2D eigenvalue weighted by atomic mass is 32.2. The maximum absolute atomic E-state index is 12.8. The Morgan fingerprint density at radius 1 is 1.03 bits per heavy atom. The molecule has 1 heterocycles. The SMILES string of the molecule is O=C1CCCc2cc(S(=O)(=O)NCC3(c4ccc(C(F)(F)F)cc4)CC3)ccc2N1. The largest absolute Gasteiger partial charge is 0.416 e. The van der Waals surface area contributed by atoms with E-state index in [1.165, 1.54) is 18.2 Å². The van der Waals surface area contributed by atoms with Gasteiger partial charge in [-0.3, -0.25) is 4.79 Å². The molecule has 4 rings (SSSR count). The molecule has 0 aromatic heterocycles. The maximum Gasteiger partial charge on any atom is 0.416 e. The zero-order chi connectivity index (χ0) is 21.6. The predicted molar refractivity (Wildman–Crippen MR) is 106 cm³/mol. The minimum absolute atomic E-state index is 0.0882. The monoisotopic (exact) mass is 438 g/mol. The molecule has 160 valence electrons. The van der Waals surface area contributed by atoms with Crippen LogP contribution in [0.3, 0.4) is 0 Å². The fourth-order valence-electron chi connectivity index (χ4n) is 3.77. The number of benzene rings is 2. The van der Waals surface area contributed by atoms with Gasteiger partial charge < -0.3 is 5.32 Å². The van der Waals surface area contributed by atoms with Gasteiger partial charge in [-0.15, -0.1) is 0 Å². The van der Waals surface area contributed by atoms with Crippen molar-refractivity contribution in [3.8, 4) is 0 Å². The van der Waals surface area contributed by atoms with Gasteiger partial charge in [0.05, 0.1) is 10.5 Å². The molecule has 5 nitrogen and oxygen atoms in total. The molecule has 0 atom stereocenters. The van der Waals surface area contributed by atoms with Crippen molar-refractivity contribution in [2.75, 3.05) is 11.9 Å². The first-order chi connectivity index (χ1) is 14.1. The van der Waals surface area contributed by atoms with E-state index in [2.05, 4.69) is 10.0 Å². The molecule has 0 spiro atoms. The number of aryl methyl sites for hydroxylation is 1. The van der Waals surface area contributed by atoms with Crippen LogP contribution in [0.2, 0.25) is 0 Å². The summed E-state index contributed by atoms with van der Waals surface area (Å²) in [6.07, 6.45) is -1.35. The van der Waals surface area contributed by atoms with Crippen LogP contribution in [-0.4, -0.2) is 20.9 Å². The molecular formula is C21H21F3N2O3S. The van der Waals surface area contributed by atoms with Crippen LogP contribution in [0.25, 0.3) is 0 Å². The van der Waals surface area contributed by atoms with Crippen molar-refractivity contribution in [2.24, 2.45) is 0 Å². The van der Waals surface area contributed by atoms with Gasteiger partial charge in [0.15, 0.2) is 0 Å². The van der Waals surface area contributed by atoms with Crippen molar-refractivity contribution >= 4 is 21.6 Å². The molecule has 1 amide bonds. The standard InChI is InChI=1S/C21H21F3N2O3S/c22-21(23,24)16-6-4-15(5-7-16)20(10-11-20)13-25-30(28,29)17-8-9-18-14(12-17)2-1-3-19(27)26-18/h4-9,12,25H,1-3,10-11,13H2,(H,26,27). The summed E-state index contributed by atoms with van der Waals surface area (Å²) in [4.78, 5) is 11.8. The number of nitrogens with one attached hydrogen (secondary N) is 2. The van der Waals surface area contributed by atoms with Crippen molar-refractivity contribution in [1.82, 2.24) is 4.72 Å². The molecule has 1 aliphatic heterocycles. The maximum atomic E-state index is 12.8. The first-order valence-electron chi connectivity index (χ1n) is 9.69. The second-order valence-electron chi connectivity index (χ2n) is 7.90. The second-order valence-corrected chi connectivity index (χ2v) is 9.67. The Labute approximate surface area is 172 Å². The predicted octanol–water partition coefficient (Wildman–Crippen LogP) is 3.99. The molecule has 2 aliphatic rings. The van der Waals surface area contributed by atoms with Gasteiger partial charge in [-0.2, -0.15) is 13.2 Å². The average Bonchev–Trinajstić information content (AvgIpc) is 3.50. The second kappa shape index (κ2) is 7.39. The summed E-state index contributed by atoms with van der Waals surface area (Å²) in [6, 6.07) is 9.53. The molecule has 2 aromatic carbocycles. The van der Waals surface area contributed by atoms with Crippen LogP contribution in [0.5, 0.6) is 0 Å². The van der Waals surface area contributed by atoms with E-state index in [-0.39, 0.29) is 17.3 Å². The van der Waals surface area contributed by atoms with Crippen LogP contribution in [0, 0.1) is 0 Å². The molecule has 0 saturated heterocycles. The first kappa shape index (κ1) is 20.9. The Bertz CT molecular complexity index is 1080. The zero-order valence-corrected chi connectivity index (χ0v) is 16.9. The fraction of sp³-hybridized carbons (Fsp3) is 0.381. The topological polar surface area (TPSA) is 75.3 Å². The van der Waals surface area contributed by atoms with Gasteiger partial charge >= 0.3 is 6.18 Å². The Kier molecular flexibility index (Phi) is 5.14. The van der Waals surface area contributed by atoms with E-state index in [0.717, 1.165) is 17.7 Å². The highest BCUT2D eigenvalue weighted by Gasteiger charge is 2.45. The van der Waals surface area contributed by atoms with E-state index in [1.807, 2.05) is 0 Å². The lowest BCUT2D eigenvalue weighted by Crippen LogP contribution is -2.32. The summed E-state index contributed by atoms with van der Waals surface area (Å²) in [5, 5.41) is 2.77. The molecule has 9 heteroatoms. The lowest BCUT2D eigenvalue weighted by atomic mass is 9.95. The highest BCUT2D eigenvalue weighted by Crippen LogP contribution is 2.48. The van der Waals surface area contributed by atoms with Gasteiger partial charge in [0.25, 0.3) is 0 Å². The lowest BCUT2D eigenvalue weighted by molar-refractivity contribution is -0.137. The smallest absolute Gasteiger partial charge is 0.326 e. The summed E-state index contributed by atoms with van der Waals surface area (Å²) < 4.78 is 66.6. The van der Waals surface area contributed by atoms with Crippen LogP contribution in [0.15, 0.2) is 47.4 Å². The normalized spacial score (nSPS) is 18.3. The van der Waals surface area contributed by atoms with Gasteiger partial charge in [0, 0.05) is 24.1 Å². The number of rotatable bonds is 5. The molecule has 0 radical (unpaired) electrons. The summed E-state index contributed by atoms with van der Waals surface area (Å²) in [5.74, 6) is -0.0882. The van der Waals surface area contributed by atoms with Crippen LogP contribution in [-0.2, 0) is 32.8 Å². The number of anilines is 1. The zero-order valence-electron chi connectivity index (χ0n) is 16.1. The number of fused-ring (bicyclic) bond motifs is 1. The van der Waals surface area contributed by atoms with E-state index >= 15 is 0 Å². The molecule has 2 N–H and O–H groups in total. The van der Waals surface area contributed by atoms with Gasteiger partial charge in [-0.05, 0) is 67.1 Å². The summed E-state index contributed by atoms with van der Waals surface area (Å²) in [5.41, 5.74) is 0.895. The minimum Gasteiger partial charge on any atom is -0.326 e. The average molecular weight is 438 g/mol. The third-order valence-electron chi connectivity index (χ3n) is 5.79. The number of hydrogen-bond acceptors (Lipinski definition) is 3. The molecule has 2 aromatic rings. The van der Waals surface area contributed by atoms with Crippen LogP contribution in [0.4, 0.5) is 18.9 Å². The number of alkyl halides is 3. The van der Waals surface area contributed by atoms with Gasteiger partial charge in [-0.1, -0.05) is 12.1 Å². The first-order valence-corrected chi connectivity index (χ1v) is 11.2. The number of halogens is 3. The number of sulfonamides is 1. The van der Waals surface area contributed by atoms with Gasteiger partial charge in [0.2, 0.25) is 15.9 Å². The van der Waals surface area contributed by atoms with Crippen molar-refractivity contribution in [2.45, 2.75) is 48.6 Å². The van der Waals surface area contributed by atoms with Crippen molar-refractivity contribution in [1.29, 1.82) is 0 Å². The molecular weight excluding hydrogens is 417 g/mol. The number of amides is 1. The van der Waals surface area contributed by atoms with Crippen molar-refractivity contribution in [3.63, 3.8) is 0 Å². The van der Waals surface area contributed by atoms with Gasteiger partial charge in [0.1, 0.15) is 0 Å². The molecule has 30 heavy (non-hydrogen) atoms. The van der Waals surface area contributed by atoms with Crippen LogP contribution in [0.1, 0.15) is 42.4 Å². The Hall–Kier alpha value is -2.39. The van der Waals surface area contributed by atoms with Crippen LogP contribution < -0.4 is 10.0 Å². The Balaban J connectivity index is 1.49. The minimum atomic E-state index is -4.40. The van der Waals surface area contributed by atoms with Crippen molar-refractivity contribution < 1.29 is 26.4 Å². The quantitative estimate of drug-likeness (QED) is 0.741. The van der Waals surface area contributed by atoms with Crippen molar-refractivity contribution in [3.05, 3.63) is 59.2 Å². The number of carbonyl (C=O) groups excluding carboxylic acids is 1. The molecule has 1 saturated carbocycles. The third-order valence-corrected chi connectivity index (χ3v) is 7.19. The number of hydrogen-bond donors (Lipinski definition) is 2. The van der Waals surface area contributed by atoms with Crippen LogP contribution >= 0.6 is 0 Å². The third kappa shape index (κ3) is 4.22. The molecule has 0 bridgehead atoms. The Morgan fingerprint density at radius 3 is 2.37 bits per heavy atom. The lowest BCUT2D eigenvalue weighted by Gasteiger charge is -2.18. The molecule has 1 aliphatic carbocycles. The van der Waals surface area contributed by atoms with E-state index < -0.39 is 27.2 Å². The highest BCUT2D eigenvalue weighted by molar-refractivity contribution is 7.89. The fourth-order valence-corrected chi connectivity index (χ4v) is 4.94. The van der Waals surface area contributed by atoms with E-state index in [4.69, 9.17) is 0 Å². The molecule has 1 fully saturated rings. The molecule has 0 unspecified atom stereocenters. The summed E-state index contributed by atoms with van der Waals surface area (Å²) in [6.45, 7) is 0.120. The summed E-state index contributed by atoms with van der Waals surface area (Å²) >= 11 is 0. The number of carbonyl (C=O) groups is 1. The Morgan fingerprint density at radius 2 is 1.73 bits per heavy atom. The van der Waals surface area contributed by atoms with E-state index in [0.29, 0.717) is 43.4 Å². The van der Waals surface area contributed by atoms with E-state index in [1.54, 1.807) is 12.1 Å². The summed E-state index contributed by atoms with van der Waals surface area (Å²) in [7, 11) is -3.79. The van der Waals surface area contributed by atoms with Gasteiger partial charge in [-0.25, -0.2) is 13.1 Å². The van der Waals surface area contributed by atoms with E-state index in [9.17, 15) is 26.4 Å².